The van der Waals surface area contributed by atoms with Gasteiger partial charge in [0.1, 0.15) is 12.2 Å². The highest BCUT2D eigenvalue weighted by atomic mass is 35.5. The molecule has 0 N–H and O–H groups in total. The van der Waals surface area contributed by atoms with Crippen LogP contribution in [-0.4, -0.2) is 29.2 Å². The van der Waals surface area contributed by atoms with Crippen molar-refractivity contribution in [2.75, 3.05) is 6.61 Å². The minimum Gasteiger partial charge on any atom is -0.361 e. The molecule has 0 aliphatic carbocycles. The number of halogens is 1. The number of thiophene rings is 1. The number of imidazole rings is 1. The summed E-state index contributed by atoms with van der Waals surface area (Å²) in [4.78, 5) is 10.2. The molecule has 3 rings (SSSR count). The summed E-state index contributed by atoms with van der Waals surface area (Å²) >= 11 is 7.93. The van der Waals surface area contributed by atoms with E-state index in [1.54, 1.807) is 23.6 Å². The average molecular weight is 366 g/mol. The summed E-state index contributed by atoms with van der Waals surface area (Å²) in [5.74, 6) is 0.864. The lowest BCUT2D eigenvalue weighted by molar-refractivity contribution is 0.0906. The third-order valence-electron chi connectivity index (χ3n) is 3.54. The van der Waals surface area contributed by atoms with Crippen LogP contribution in [0.3, 0.4) is 0 Å². The molecule has 0 fully saturated rings. The fourth-order valence-electron chi connectivity index (χ4n) is 2.24. The van der Waals surface area contributed by atoms with Crippen LogP contribution < -0.4 is 0 Å². The number of nitrogens with zero attached hydrogens (tertiary/aromatic N) is 3. The number of hydrogen-bond acceptors (Lipinski definition) is 4. The van der Waals surface area contributed by atoms with Crippen LogP contribution in [0.5, 0.6) is 0 Å². The summed E-state index contributed by atoms with van der Waals surface area (Å²) in [6.07, 6.45) is 1.71. The lowest BCUT2D eigenvalue weighted by atomic mass is 10.4. The van der Waals surface area contributed by atoms with Gasteiger partial charge in [-0.25, -0.2) is 9.97 Å². The number of rotatable bonds is 6. The Hall–Kier alpha value is -1.21. The van der Waals surface area contributed by atoms with Crippen LogP contribution in [0.2, 0.25) is 30.7 Å². The smallest absolute Gasteiger partial charge is 0.163 e. The topological polar surface area (TPSA) is 39.9 Å². The molecule has 0 aromatic carbocycles. The first-order valence-corrected chi connectivity index (χ1v) is 12.5. The van der Waals surface area contributed by atoms with Crippen LogP contribution in [0.15, 0.2) is 29.8 Å². The molecule has 0 bridgehead atoms. The molecule has 0 unspecified atom stereocenters. The maximum absolute atomic E-state index is 6.28. The molecule has 0 radical (unpaired) electrons. The van der Waals surface area contributed by atoms with Crippen molar-refractivity contribution in [1.29, 1.82) is 0 Å². The summed E-state index contributed by atoms with van der Waals surface area (Å²) < 4.78 is 7.93. The van der Waals surface area contributed by atoms with Gasteiger partial charge in [0.15, 0.2) is 11.5 Å². The monoisotopic (exact) mass is 365 g/mol. The molecule has 0 spiro atoms. The Labute approximate surface area is 146 Å². The second-order valence-electron chi connectivity index (χ2n) is 6.65. The van der Waals surface area contributed by atoms with Crippen molar-refractivity contribution in [2.24, 2.45) is 0 Å². The van der Waals surface area contributed by atoms with E-state index in [-0.39, 0.29) is 0 Å². The molecule has 3 aromatic heterocycles. The highest BCUT2D eigenvalue weighted by Crippen LogP contribution is 2.30. The summed E-state index contributed by atoms with van der Waals surface area (Å²) in [5.41, 5.74) is 1.50. The fourth-order valence-corrected chi connectivity index (χ4v) is 3.90. The van der Waals surface area contributed by atoms with Gasteiger partial charge < -0.3 is 4.74 Å². The molecule has 0 aliphatic heterocycles. The van der Waals surface area contributed by atoms with E-state index in [0.717, 1.165) is 34.5 Å². The molecule has 23 heavy (non-hydrogen) atoms. The van der Waals surface area contributed by atoms with E-state index in [0.29, 0.717) is 11.8 Å². The van der Waals surface area contributed by atoms with E-state index in [1.807, 2.05) is 16.0 Å². The number of ether oxygens (including phenoxy) is 1. The largest absolute Gasteiger partial charge is 0.361 e. The lowest BCUT2D eigenvalue weighted by Gasteiger charge is -2.16. The number of aromatic nitrogens is 3. The molecule has 0 amide bonds. The zero-order valence-electron chi connectivity index (χ0n) is 13.5. The van der Waals surface area contributed by atoms with Crippen LogP contribution in [0.1, 0.15) is 0 Å². The lowest BCUT2D eigenvalue weighted by Crippen LogP contribution is -2.22. The first kappa shape index (κ1) is 16.6. The quantitative estimate of drug-likeness (QED) is 0.449. The van der Waals surface area contributed by atoms with Crippen LogP contribution >= 0.6 is 22.9 Å². The van der Waals surface area contributed by atoms with Gasteiger partial charge >= 0.3 is 0 Å². The van der Waals surface area contributed by atoms with E-state index >= 15 is 0 Å². The molecular weight excluding hydrogens is 346 g/mol. The highest BCUT2D eigenvalue weighted by molar-refractivity contribution is 7.13. The van der Waals surface area contributed by atoms with Crippen molar-refractivity contribution in [2.45, 2.75) is 32.4 Å². The van der Waals surface area contributed by atoms with E-state index in [2.05, 4.69) is 35.7 Å². The number of hydrogen-bond donors (Lipinski definition) is 0. The summed E-state index contributed by atoms with van der Waals surface area (Å²) in [7, 11) is -1.09. The van der Waals surface area contributed by atoms with Crippen LogP contribution in [0.4, 0.5) is 0 Å². The van der Waals surface area contributed by atoms with Gasteiger partial charge in [0, 0.05) is 20.9 Å². The third-order valence-corrected chi connectivity index (χ3v) is 6.42. The summed E-state index contributed by atoms with van der Waals surface area (Å²) in [5, 5.41) is 2.66. The highest BCUT2D eigenvalue weighted by Gasteiger charge is 2.17. The van der Waals surface area contributed by atoms with E-state index in [1.165, 1.54) is 0 Å². The van der Waals surface area contributed by atoms with Gasteiger partial charge in [-0.3, -0.25) is 4.57 Å². The fraction of sp³-hybridized carbons (Fsp3) is 0.375. The van der Waals surface area contributed by atoms with Crippen molar-refractivity contribution in [3.63, 3.8) is 0 Å². The molecule has 0 saturated heterocycles. The summed E-state index contributed by atoms with van der Waals surface area (Å²) in [6, 6.07) is 6.98. The van der Waals surface area contributed by atoms with Gasteiger partial charge in [-0.05, 0) is 23.6 Å². The van der Waals surface area contributed by atoms with E-state index in [4.69, 9.17) is 16.3 Å². The minimum atomic E-state index is -1.09. The zero-order chi connectivity index (χ0) is 16.4. The van der Waals surface area contributed by atoms with Gasteiger partial charge in [-0.2, -0.15) is 0 Å². The Balaban J connectivity index is 1.91. The van der Waals surface area contributed by atoms with E-state index in [9.17, 15) is 0 Å². The van der Waals surface area contributed by atoms with Gasteiger partial charge in [0.25, 0.3) is 0 Å². The molecule has 7 heteroatoms. The second kappa shape index (κ2) is 6.73. The zero-order valence-corrected chi connectivity index (χ0v) is 16.1. The van der Waals surface area contributed by atoms with Crippen LogP contribution in [0, 0.1) is 0 Å². The SMILES string of the molecule is C[Si](C)(C)CCOCn1c(-c2cccs2)nc2c(Cl)ccnc21. The van der Waals surface area contributed by atoms with Crippen molar-refractivity contribution in [3.8, 4) is 10.7 Å². The normalized spacial score (nSPS) is 12.2. The van der Waals surface area contributed by atoms with E-state index < -0.39 is 8.07 Å². The molecule has 0 aliphatic rings. The Bertz CT molecular complexity index is 796. The van der Waals surface area contributed by atoms with Crippen molar-refractivity contribution >= 4 is 42.2 Å². The van der Waals surface area contributed by atoms with Crippen molar-refractivity contribution in [1.82, 2.24) is 14.5 Å². The number of fused-ring (bicyclic) bond motifs is 1. The maximum atomic E-state index is 6.28. The molecule has 0 saturated carbocycles. The average Bonchev–Trinajstić information content (AvgIpc) is 3.11. The first-order valence-electron chi connectivity index (χ1n) is 7.58. The van der Waals surface area contributed by atoms with Crippen LogP contribution in [-0.2, 0) is 11.5 Å². The molecule has 122 valence electrons. The van der Waals surface area contributed by atoms with Gasteiger partial charge in [-0.1, -0.05) is 37.3 Å². The maximum Gasteiger partial charge on any atom is 0.163 e. The Morgan fingerprint density at radius 3 is 2.83 bits per heavy atom. The third kappa shape index (κ3) is 3.83. The Morgan fingerprint density at radius 1 is 1.30 bits per heavy atom. The molecule has 0 atom stereocenters. The Morgan fingerprint density at radius 2 is 2.13 bits per heavy atom. The van der Waals surface area contributed by atoms with Gasteiger partial charge in [-0.15, -0.1) is 11.3 Å². The van der Waals surface area contributed by atoms with Crippen molar-refractivity contribution in [3.05, 3.63) is 34.8 Å². The van der Waals surface area contributed by atoms with Gasteiger partial charge in [0.2, 0.25) is 0 Å². The van der Waals surface area contributed by atoms with Crippen LogP contribution in [0.25, 0.3) is 21.9 Å². The predicted molar refractivity (Wildman–Crippen MR) is 100.0 cm³/mol. The molecule has 3 heterocycles. The standard InChI is InChI=1S/C16H20ClN3OSSi/c1-23(2,3)10-8-21-11-20-15(13-5-4-9-22-13)19-14-12(17)6-7-18-16(14)20/h4-7,9H,8,10-11H2,1-3H3. The molecule has 3 aromatic rings. The van der Waals surface area contributed by atoms with Gasteiger partial charge in [0.05, 0.1) is 9.90 Å². The Kier molecular flexibility index (Phi) is 4.87. The van der Waals surface area contributed by atoms with Crippen molar-refractivity contribution < 1.29 is 4.74 Å². The minimum absolute atomic E-state index is 0.446. The second-order valence-corrected chi connectivity index (χ2v) is 13.6. The first-order chi connectivity index (χ1) is 11.0. The number of pyridine rings is 1. The molecule has 4 nitrogen and oxygen atoms in total. The molecular formula is C16H20ClN3OSSi. The summed E-state index contributed by atoms with van der Waals surface area (Å²) in [6.45, 7) is 8.26. The predicted octanol–water partition coefficient (Wildman–Crippen LogP) is 5.13.